The first-order chi connectivity index (χ1) is 8.97. The van der Waals surface area contributed by atoms with Gasteiger partial charge in [-0.15, -0.1) is 0 Å². The van der Waals surface area contributed by atoms with Crippen LogP contribution in [0.3, 0.4) is 0 Å². The molecule has 1 aliphatic heterocycles. The summed E-state index contributed by atoms with van der Waals surface area (Å²) >= 11 is 0. The van der Waals surface area contributed by atoms with Gasteiger partial charge in [-0.05, 0) is 37.5 Å². The van der Waals surface area contributed by atoms with Crippen LogP contribution in [0.5, 0.6) is 0 Å². The van der Waals surface area contributed by atoms with Gasteiger partial charge in [0.25, 0.3) is 0 Å². The number of nitrogens with two attached hydrogens (primary N) is 2. The number of nitrogen functional groups attached to an aromatic ring is 1. The Morgan fingerprint density at radius 2 is 2.21 bits per heavy atom. The lowest BCUT2D eigenvalue weighted by atomic mass is 10.2. The molecule has 1 unspecified atom stereocenters. The van der Waals surface area contributed by atoms with E-state index in [0.717, 1.165) is 25.9 Å². The summed E-state index contributed by atoms with van der Waals surface area (Å²) in [6.07, 6.45) is 3.26. The Kier molecular flexibility index (Phi) is 4.28. The minimum absolute atomic E-state index is 0.0276. The average molecular weight is 285 g/mol. The van der Waals surface area contributed by atoms with Crippen LogP contribution in [0.1, 0.15) is 19.3 Å². The van der Waals surface area contributed by atoms with Crippen molar-refractivity contribution in [1.82, 2.24) is 0 Å². The number of hydrogen-bond acceptors (Lipinski definition) is 5. The Bertz CT molecular complexity index is 539. The number of rotatable bonds is 5. The highest BCUT2D eigenvalue weighted by molar-refractivity contribution is 7.89. The van der Waals surface area contributed by atoms with E-state index in [0.29, 0.717) is 17.9 Å². The van der Waals surface area contributed by atoms with E-state index in [9.17, 15) is 8.42 Å². The average Bonchev–Trinajstić information content (AvgIpc) is 2.83. The second kappa shape index (κ2) is 5.77. The van der Waals surface area contributed by atoms with Gasteiger partial charge < -0.3 is 15.8 Å². The molecule has 1 heterocycles. The summed E-state index contributed by atoms with van der Waals surface area (Å²) in [4.78, 5) is 0.0276. The summed E-state index contributed by atoms with van der Waals surface area (Å²) in [7, 11) is -3.78. The van der Waals surface area contributed by atoms with Crippen LogP contribution in [0.15, 0.2) is 23.1 Å². The maximum absolute atomic E-state index is 11.5. The smallest absolute Gasteiger partial charge is 0.240 e. The molecule has 106 valence electrons. The fraction of sp³-hybridized carbons (Fsp3) is 0.500. The lowest BCUT2D eigenvalue weighted by Crippen LogP contribution is -2.17. The number of benzene rings is 1. The van der Waals surface area contributed by atoms with Gasteiger partial charge in [-0.1, -0.05) is 0 Å². The lowest BCUT2D eigenvalue weighted by Gasteiger charge is -2.13. The number of nitrogens with one attached hydrogen (secondary N) is 1. The predicted octanol–water partition coefficient (Wildman–Crippen LogP) is 0.897. The zero-order valence-electron chi connectivity index (χ0n) is 10.6. The van der Waals surface area contributed by atoms with E-state index in [1.54, 1.807) is 12.1 Å². The fourth-order valence-electron chi connectivity index (χ4n) is 2.16. The van der Waals surface area contributed by atoms with Crippen LogP contribution < -0.4 is 16.2 Å². The molecule has 1 saturated heterocycles. The Labute approximate surface area is 113 Å². The predicted molar refractivity (Wildman–Crippen MR) is 74.3 cm³/mol. The fourth-order valence-corrected chi connectivity index (χ4v) is 2.91. The van der Waals surface area contributed by atoms with Crippen molar-refractivity contribution in [3.8, 4) is 0 Å². The van der Waals surface area contributed by atoms with Crippen molar-refractivity contribution in [2.45, 2.75) is 30.3 Å². The van der Waals surface area contributed by atoms with Crippen molar-refractivity contribution < 1.29 is 13.2 Å². The summed E-state index contributed by atoms with van der Waals surface area (Å²) in [6.45, 7) is 1.45. The molecule has 0 aromatic heterocycles. The highest BCUT2D eigenvalue weighted by Crippen LogP contribution is 2.23. The zero-order valence-corrected chi connectivity index (χ0v) is 11.4. The highest BCUT2D eigenvalue weighted by Gasteiger charge is 2.17. The third-order valence-electron chi connectivity index (χ3n) is 3.12. The molecule has 0 aliphatic carbocycles. The van der Waals surface area contributed by atoms with Gasteiger partial charge >= 0.3 is 0 Å². The van der Waals surface area contributed by atoms with Crippen LogP contribution in [0.4, 0.5) is 11.4 Å². The Hall–Kier alpha value is -1.31. The maximum Gasteiger partial charge on any atom is 0.240 e. The monoisotopic (exact) mass is 285 g/mol. The second-order valence-corrected chi connectivity index (χ2v) is 6.18. The van der Waals surface area contributed by atoms with Gasteiger partial charge in [0.05, 0.1) is 11.8 Å². The van der Waals surface area contributed by atoms with E-state index in [-0.39, 0.29) is 11.0 Å². The first-order valence-electron chi connectivity index (χ1n) is 6.24. The summed E-state index contributed by atoms with van der Waals surface area (Å²) in [6, 6.07) is 4.64. The molecule has 6 nitrogen and oxygen atoms in total. The number of primary sulfonamides is 1. The summed E-state index contributed by atoms with van der Waals surface area (Å²) in [5.74, 6) is 0. The molecule has 0 saturated carbocycles. The van der Waals surface area contributed by atoms with Gasteiger partial charge in [-0.25, -0.2) is 13.6 Å². The Morgan fingerprint density at radius 3 is 2.84 bits per heavy atom. The number of anilines is 2. The molecule has 0 amide bonds. The van der Waals surface area contributed by atoms with Crippen molar-refractivity contribution in [2.75, 3.05) is 24.2 Å². The van der Waals surface area contributed by atoms with Crippen molar-refractivity contribution in [1.29, 1.82) is 0 Å². The van der Waals surface area contributed by atoms with E-state index in [1.807, 2.05) is 0 Å². The van der Waals surface area contributed by atoms with Gasteiger partial charge in [-0.2, -0.15) is 0 Å². The minimum atomic E-state index is -3.78. The van der Waals surface area contributed by atoms with Crippen molar-refractivity contribution in [3.05, 3.63) is 18.2 Å². The van der Waals surface area contributed by atoms with E-state index in [1.165, 1.54) is 6.07 Å². The van der Waals surface area contributed by atoms with E-state index in [4.69, 9.17) is 15.6 Å². The first kappa shape index (κ1) is 14.1. The largest absolute Gasteiger partial charge is 0.399 e. The van der Waals surface area contributed by atoms with Crippen LogP contribution in [0, 0.1) is 0 Å². The molecule has 7 heteroatoms. The van der Waals surface area contributed by atoms with Gasteiger partial charge in [0.1, 0.15) is 4.90 Å². The van der Waals surface area contributed by atoms with Crippen LogP contribution in [0.25, 0.3) is 0 Å². The standard InChI is InChI=1S/C12H19N3O3S/c13-9-3-4-11(12(8-9)19(14,16)17)15-6-5-10-2-1-7-18-10/h3-4,8,10,15H,1-2,5-7,13H2,(H2,14,16,17). The van der Waals surface area contributed by atoms with Crippen molar-refractivity contribution >= 4 is 21.4 Å². The second-order valence-electron chi connectivity index (χ2n) is 4.65. The molecule has 1 aromatic carbocycles. The normalized spacial score (nSPS) is 19.5. The first-order valence-corrected chi connectivity index (χ1v) is 7.79. The molecular weight excluding hydrogens is 266 g/mol. The third-order valence-corrected chi connectivity index (χ3v) is 4.07. The van der Waals surface area contributed by atoms with Crippen LogP contribution in [-0.4, -0.2) is 27.7 Å². The van der Waals surface area contributed by atoms with E-state index in [2.05, 4.69) is 5.32 Å². The maximum atomic E-state index is 11.5. The third kappa shape index (κ3) is 3.82. The summed E-state index contributed by atoms with van der Waals surface area (Å²) in [5.41, 5.74) is 6.43. The molecule has 1 fully saturated rings. The van der Waals surface area contributed by atoms with Gasteiger partial charge in [-0.3, -0.25) is 0 Å². The summed E-state index contributed by atoms with van der Waals surface area (Å²) in [5, 5.41) is 8.25. The molecule has 1 atom stereocenters. The molecule has 2 rings (SSSR count). The van der Waals surface area contributed by atoms with E-state index < -0.39 is 10.0 Å². The number of ether oxygens (including phenoxy) is 1. The lowest BCUT2D eigenvalue weighted by molar-refractivity contribution is 0.107. The zero-order chi connectivity index (χ0) is 13.9. The van der Waals surface area contributed by atoms with Crippen LogP contribution in [-0.2, 0) is 14.8 Å². The molecular formula is C12H19N3O3S. The topological polar surface area (TPSA) is 107 Å². The van der Waals surface area contributed by atoms with Gasteiger partial charge in [0, 0.05) is 18.8 Å². The minimum Gasteiger partial charge on any atom is -0.399 e. The molecule has 5 N–H and O–H groups in total. The molecule has 0 radical (unpaired) electrons. The van der Waals surface area contributed by atoms with Gasteiger partial charge in [0.15, 0.2) is 0 Å². The highest BCUT2D eigenvalue weighted by atomic mass is 32.2. The molecule has 0 spiro atoms. The Balaban J connectivity index is 2.03. The SMILES string of the molecule is Nc1ccc(NCCC2CCCO2)c(S(N)(=O)=O)c1. The van der Waals surface area contributed by atoms with Crippen molar-refractivity contribution in [2.24, 2.45) is 5.14 Å². The molecule has 1 aliphatic rings. The van der Waals surface area contributed by atoms with Gasteiger partial charge in [0.2, 0.25) is 10.0 Å². The number of sulfonamides is 1. The van der Waals surface area contributed by atoms with Crippen molar-refractivity contribution in [3.63, 3.8) is 0 Å². The quantitative estimate of drug-likeness (QED) is 0.697. The summed E-state index contributed by atoms with van der Waals surface area (Å²) < 4.78 is 28.5. The number of hydrogen-bond donors (Lipinski definition) is 3. The Morgan fingerprint density at radius 1 is 1.42 bits per heavy atom. The molecule has 19 heavy (non-hydrogen) atoms. The molecule has 0 bridgehead atoms. The molecule has 1 aromatic rings. The van der Waals surface area contributed by atoms with Crippen LogP contribution in [0.2, 0.25) is 0 Å². The van der Waals surface area contributed by atoms with Crippen LogP contribution >= 0.6 is 0 Å². The van der Waals surface area contributed by atoms with E-state index >= 15 is 0 Å².